The Morgan fingerprint density at radius 1 is 1.57 bits per heavy atom. The molecule has 0 saturated carbocycles. The van der Waals surface area contributed by atoms with Crippen molar-refractivity contribution in [3.63, 3.8) is 0 Å². The van der Waals surface area contributed by atoms with Gasteiger partial charge < -0.3 is 10.9 Å². The molecule has 0 atom stereocenters. The van der Waals surface area contributed by atoms with Crippen LogP contribution in [0.3, 0.4) is 0 Å². The molecular formula is C7H17N3O3S. The summed E-state index contributed by atoms with van der Waals surface area (Å²) in [6, 6.07) is 0. The monoisotopic (exact) mass is 223 g/mol. The topological polar surface area (TPSA) is 105 Å². The number of oxime groups is 1. The second-order valence-electron chi connectivity index (χ2n) is 3.41. The second-order valence-corrected chi connectivity index (χ2v) is 5.26. The Labute approximate surface area is 84.2 Å². The van der Waals surface area contributed by atoms with E-state index in [0.29, 0.717) is 0 Å². The van der Waals surface area contributed by atoms with Crippen LogP contribution in [-0.4, -0.2) is 31.8 Å². The van der Waals surface area contributed by atoms with Gasteiger partial charge in [-0.2, -0.15) is 0 Å². The molecule has 0 aromatic rings. The quantitative estimate of drug-likeness (QED) is 0.249. The Kier molecular flexibility index (Phi) is 5.47. The van der Waals surface area contributed by atoms with E-state index < -0.39 is 10.0 Å². The summed E-state index contributed by atoms with van der Waals surface area (Å²) in [5, 5.41) is 10.9. The fourth-order valence-corrected chi connectivity index (χ4v) is 2.29. The highest BCUT2D eigenvalue weighted by atomic mass is 32.2. The number of hydrogen-bond donors (Lipinski definition) is 3. The summed E-state index contributed by atoms with van der Waals surface area (Å²) in [4.78, 5) is 0. The Bertz CT molecular complexity index is 285. The fraction of sp³-hybridized carbons (Fsp3) is 0.857. The van der Waals surface area contributed by atoms with Crippen molar-refractivity contribution in [2.45, 2.75) is 20.3 Å². The van der Waals surface area contributed by atoms with E-state index in [1.165, 1.54) is 0 Å². The number of nitrogens with two attached hydrogens (primary N) is 1. The first-order chi connectivity index (χ1) is 6.37. The van der Waals surface area contributed by atoms with Crippen molar-refractivity contribution in [1.82, 2.24) is 4.72 Å². The lowest BCUT2D eigenvalue weighted by molar-refractivity contribution is 0.317. The van der Waals surface area contributed by atoms with Gasteiger partial charge in [-0.25, -0.2) is 13.1 Å². The molecule has 0 aromatic carbocycles. The molecule has 0 unspecified atom stereocenters. The van der Waals surface area contributed by atoms with E-state index in [-0.39, 0.29) is 30.5 Å². The number of hydrogen-bond acceptors (Lipinski definition) is 4. The highest BCUT2D eigenvalue weighted by Gasteiger charge is 2.11. The maximum absolute atomic E-state index is 11.3. The summed E-state index contributed by atoms with van der Waals surface area (Å²) < 4.78 is 24.9. The van der Waals surface area contributed by atoms with E-state index in [4.69, 9.17) is 10.9 Å². The molecule has 0 aliphatic rings. The van der Waals surface area contributed by atoms with E-state index in [0.717, 1.165) is 0 Å². The average Bonchev–Trinajstić information content (AvgIpc) is 2.01. The Hall–Kier alpha value is -0.820. The van der Waals surface area contributed by atoms with Gasteiger partial charge in [-0.3, -0.25) is 0 Å². The third kappa shape index (κ3) is 6.67. The molecule has 0 amide bonds. The van der Waals surface area contributed by atoms with Gasteiger partial charge in [0.05, 0.1) is 5.75 Å². The molecule has 0 aliphatic carbocycles. The summed E-state index contributed by atoms with van der Waals surface area (Å²) >= 11 is 0. The smallest absolute Gasteiger partial charge is 0.211 e. The molecule has 0 aromatic heterocycles. The second kappa shape index (κ2) is 5.82. The molecule has 7 heteroatoms. The van der Waals surface area contributed by atoms with Crippen LogP contribution >= 0.6 is 0 Å². The van der Waals surface area contributed by atoms with Gasteiger partial charge in [0.1, 0.15) is 5.84 Å². The van der Waals surface area contributed by atoms with Crippen molar-refractivity contribution in [1.29, 1.82) is 0 Å². The van der Waals surface area contributed by atoms with Crippen molar-refractivity contribution in [2.24, 2.45) is 16.8 Å². The number of sulfonamides is 1. The molecule has 0 spiro atoms. The van der Waals surface area contributed by atoms with Crippen LogP contribution in [0.25, 0.3) is 0 Å². The van der Waals surface area contributed by atoms with Gasteiger partial charge in [0.25, 0.3) is 0 Å². The van der Waals surface area contributed by atoms with Crippen LogP contribution in [0.2, 0.25) is 0 Å². The first-order valence-corrected chi connectivity index (χ1v) is 5.96. The van der Waals surface area contributed by atoms with Gasteiger partial charge in [-0.1, -0.05) is 19.0 Å². The Balaban J connectivity index is 3.89. The maximum atomic E-state index is 11.3. The van der Waals surface area contributed by atoms with Crippen molar-refractivity contribution in [3.05, 3.63) is 0 Å². The number of nitrogens with one attached hydrogen (secondary N) is 1. The Morgan fingerprint density at radius 3 is 2.57 bits per heavy atom. The van der Waals surface area contributed by atoms with Crippen LogP contribution in [0.4, 0.5) is 0 Å². The van der Waals surface area contributed by atoms with Crippen LogP contribution in [0, 0.1) is 5.92 Å². The predicted octanol–water partition coefficient (Wildman–Crippen LogP) is -0.302. The molecule has 14 heavy (non-hydrogen) atoms. The van der Waals surface area contributed by atoms with Crippen molar-refractivity contribution < 1.29 is 13.6 Å². The first kappa shape index (κ1) is 13.2. The lowest BCUT2D eigenvalue weighted by atomic mass is 10.3. The average molecular weight is 223 g/mol. The zero-order valence-corrected chi connectivity index (χ0v) is 9.21. The molecule has 84 valence electrons. The van der Waals surface area contributed by atoms with Crippen molar-refractivity contribution in [3.8, 4) is 0 Å². The molecule has 0 bridgehead atoms. The van der Waals surface area contributed by atoms with E-state index >= 15 is 0 Å². The third-order valence-electron chi connectivity index (χ3n) is 1.38. The minimum Gasteiger partial charge on any atom is -0.409 e. The highest BCUT2D eigenvalue weighted by molar-refractivity contribution is 7.89. The molecule has 4 N–H and O–H groups in total. The summed E-state index contributed by atoms with van der Waals surface area (Å²) in [6.07, 6.45) is 0.202. The molecule has 0 radical (unpaired) electrons. The summed E-state index contributed by atoms with van der Waals surface area (Å²) in [5.74, 6) is 0.178. The summed E-state index contributed by atoms with van der Waals surface area (Å²) in [7, 11) is -3.23. The van der Waals surface area contributed by atoms with Gasteiger partial charge >= 0.3 is 0 Å². The molecule has 0 saturated heterocycles. The van der Waals surface area contributed by atoms with Crippen LogP contribution in [0.15, 0.2) is 5.16 Å². The molecule has 6 nitrogen and oxygen atoms in total. The van der Waals surface area contributed by atoms with Gasteiger partial charge in [-0.15, -0.1) is 0 Å². The number of nitrogens with zero attached hydrogens (tertiary/aromatic N) is 1. The largest absolute Gasteiger partial charge is 0.409 e. The maximum Gasteiger partial charge on any atom is 0.211 e. The molecule has 0 aliphatic heterocycles. The van der Waals surface area contributed by atoms with Crippen LogP contribution < -0.4 is 10.5 Å². The zero-order chi connectivity index (χ0) is 11.2. The van der Waals surface area contributed by atoms with Gasteiger partial charge in [0.15, 0.2) is 0 Å². The van der Waals surface area contributed by atoms with E-state index in [2.05, 4.69) is 9.88 Å². The zero-order valence-electron chi connectivity index (χ0n) is 8.40. The van der Waals surface area contributed by atoms with Crippen LogP contribution in [-0.2, 0) is 10.0 Å². The van der Waals surface area contributed by atoms with Crippen molar-refractivity contribution >= 4 is 15.9 Å². The minimum absolute atomic E-state index is 0.0113. The van der Waals surface area contributed by atoms with E-state index in [1.807, 2.05) is 13.8 Å². The number of amidine groups is 1. The molecule has 0 fully saturated rings. The van der Waals surface area contributed by atoms with Crippen LogP contribution in [0.1, 0.15) is 20.3 Å². The molecule has 0 rings (SSSR count). The Morgan fingerprint density at radius 2 is 2.14 bits per heavy atom. The lowest BCUT2D eigenvalue weighted by Crippen LogP contribution is -2.31. The first-order valence-electron chi connectivity index (χ1n) is 4.31. The van der Waals surface area contributed by atoms with Crippen molar-refractivity contribution in [2.75, 3.05) is 12.3 Å². The van der Waals surface area contributed by atoms with E-state index in [9.17, 15) is 8.42 Å². The van der Waals surface area contributed by atoms with Gasteiger partial charge in [0, 0.05) is 13.0 Å². The van der Waals surface area contributed by atoms with E-state index in [1.54, 1.807) is 0 Å². The summed E-state index contributed by atoms with van der Waals surface area (Å²) in [6.45, 7) is 3.80. The summed E-state index contributed by atoms with van der Waals surface area (Å²) in [5.41, 5.74) is 5.17. The number of rotatable bonds is 6. The standard InChI is InChI=1S/C7H17N3O3S/c1-6(2)5-14(12,13)9-4-3-7(8)10-11/h6,9,11H,3-5H2,1-2H3,(H2,8,10). The van der Waals surface area contributed by atoms with Crippen LogP contribution in [0.5, 0.6) is 0 Å². The lowest BCUT2D eigenvalue weighted by Gasteiger charge is -2.07. The highest BCUT2D eigenvalue weighted by Crippen LogP contribution is 1.97. The SMILES string of the molecule is CC(C)CS(=O)(=O)NCCC(N)=NO. The normalized spacial score (nSPS) is 13.5. The minimum atomic E-state index is -3.23. The molecular weight excluding hydrogens is 206 g/mol. The third-order valence-corrected chi connectivity index (χ3v) is 3.13. The fourth-order valence-electron chi connectivity index (χ4n) is 0.882. The van der Waals surface area contributed by atoms with Gasteiger partial charge in [-0.05, 0) is 5.92 Å². The predicted molar refractivity (Wildman–Crippen MR) is 54.7 cm³/mol. The van der Waals surface area contributed by atoms with Gasteiger partial charge in [0.2, 0.25) is 10.0 Å². The molecule has 0 heterocycles.